The van der Waals surface area contributed by atoms with Crippen molar-refractivity contribution in [1.82, 2.24) is 5.32 Å². The number of carbonyl (C=O) groups excluding carboxylic acids is 1. The highest BCUT2D eigenvalue weighted by Crippen LogP contribution is 2.39. The number of aliphatic hydroxyl groups is 7. The summed E-state index contributed by atoms with van der Waals surface area (Å²) >= 11 is 0. The zero-order valence-corrected chi connectivity index (χ0v) is 50.4. The summed E-state index contributed by atoms with van der Waals surface area (Å²) in [5.41, 5.74) is 0. The maximum absolute atomic E-state index is 13.3. The first-order valence-corrected chi connectivity index (χ1v) is 32.4. The largest absolute Gasteiger partial charge is 0.756 e. The number of unbranched alkanes of at least 4 members (excludes halogenated alkanes) is 28. The van der Waals surface area contributed by atoms with Crippen LogP contribution in [-0.4, -0.2) is 174 Å². The number of aliphatic hydroxyl groups excluding tert-OH is 7. The molecule has 19 heteroatoms. The number of quaternary nitrogens is 1. The zero-order chi connectivity index (χ0) is 57.6. The summed E-state index contributed by atoms with van der Waals surface area (Å²) in [6, 6.07) is -0.959. The van der Waals surface area contributed by atoms with Crippen molar-refractivity contribution >= 4 is 13.7 Å². The van der Waals surface area contributed by atoms with Gasteiger partial charge in [0.1, 0.15) is 62.0 Å². The SMILES string of the molecule is CCCCCCCCCCCCCCCCCCCCCCC(=O)N[C@@H](CO[C@@H]1O[C@H](CO[C@@H]2O[C@H](COP(=O)([O-])OCC[N+](C)(C)C)[C@H](O)[C@H](O)[C@H]2O)[C@H](O)[C@H](O)[C@H]1O)[C@H](O)/C=C/CCCCCCCCCCCC(C)C. The van der Waals surface area contributed by atoms with E-state index >= 15 is 0 Å². The molecule has 8 N–H and O–H groups in total. The summed E-state index contributed by atoms with van der Waals surface area (Å²) < 4.78 is 45.6. The Bertz CT molecular complexity index is 1540. The van der Waals surface area contributed by atoms with Crippen molar-refractivity contribution in [2.45, 2.75) is 300 Å². The predicted octanol–water partition coefficient (Wildman–Crippen LogP) is 8.40. The van der Waals surface area contributed by atoms with Crippen LogP contribution < -0.4 is 10.2 Å². The minimum Gasteiger partial charge on any atom is -0.756 e. The number of nitrogens with one attached hydrogen (secondary N) is 1. The molecule has 2 fully saturated rings. The van der Waals surface area contributed by atoms with E-state index < -0.39 is 94.6 Å². The Morgan fingerprint density at radius 2 is 1.01 bits per heavy atom. The molecule has 2 rings (SSSR count). The molecule has 0 bridgehead atoms. The minimum absolute atomic E-state index is 0.174. The molecule has 0 saturated carbocycles. The van der Waals surface area contributed by atoms with E-state index in [9.17, 15) is 50.0 Å². The number of rotatable bonds is 49. The van der Waals surface area contributed by atoms with E-state index in [4.69, 9.17) is 28.0 Å². The number of hydrogen-bond donors (Lipinski definition) is 8. The average molecular weight is 1140 g/mol. The molecule has 0 spiro atoms. The highest BCUT2D eigenvalue weighted by molar-refractivity contribution is 7.45. The molecule has 18 nitrogen and oxygen atoms in total. The number of nitrogens with zero attached hydrogens (tertiary/aromatic N) is 1. The third-order valence-corrected chi connectivity index (χ3v) is 16.1. The number of phosphoric acid groups is 1. The number of hydrogen-bond acceptors (Lipinski definition) is 16. The lowest BCUT2D eigenvalue weighted by Gasteiger charge is -2.43. The Hall–Kier alpha value is -1.16. The molecule has 1 amide bonds. The van der Waals surface area contributed by atoms with Gasteiger partial charge in [-0.25, -0.2) is 0 Å². The van der Waals surface area contributed by atoms with E-state index in [1.54, 1.807) is 6.08 Å². The van der Waals surface area contributed by atoms with Gasteiger partial charge in [-0.05, 0) is 25.2 Å². The zero-order valence-electron chi connectivity index (χ0n) is 49.5. The number of allylic oxidation sites excluding steroid dienone is 1. The summed E-state index contributed by atoms with van der Waals surface area (Å²) in [5.74, 6) is 0.500. The van der Waals surface area contributed by atoms with Crippen LogP contribution in [0, 0.1) is 5.92 Å². The fourth-order valence-electron chi connectivity index (χ4n) is 9.87. The van der Waals surface area contributed by atoms with Crippen LogP contribution in [-0.2, 0) is 37.4 Å². The predicted molar refractivity (Wildman–Crippen MR) is 303 cm³/mol. The molecule has 0 aromatic heterocycles. The Morgan fingerprint density at radius 3 is 1.47 bits per heavy atom. The molecule has 0 aromatic carbocycles. The Kier molecular flexibility index (Phi) is 40.7. The van der Waals surface area contributed by atoms with Crippen molar-refractivity contribution in [3.8, 4) is 0 Å². The van der Waals surface area contributed by atoms with Gasteiger partial charge in [0.15, 0.2) is 12.6 Å². The van der Waals surface area contributed by atoms with Crippen LogP contribution in [0.1, 0.15) is 226 Å². The molecule has 462 valence electrons. The van der Waals surface area contributed by atoms with E-state index in [1.807, 2.05) is 27.2 Å². The molecule has 0 aromatic rings. The maximum atomic E-state index is 13.3. The van der Waals surface area contributed by atoms with Crippen molar-refractivity contribution in [1.29, 1.82) is 0 Å². The van der Waals surface area contributed by atoms with Crippen molar-refractivity contribution in [3.05, 3.63) is 12.2 Å². The van der Waals surface area contributed by atoms with Crippen LogP contribution in [0.3, 0.4) is 0 Å². The normalized spacial score (nSPS) is 25.7. The average Bonchev–Trinajstić information content (AvgIpc) is 3.39. The number of carbonyl (C=O) groups is 1. The van der Waals surface area contributed by atoms with Gasteiger partial charge in [0.05, 0.1) is 53.1 Å². The molecule has 2 aliphatic rings. The Labute approximate surface area is 471 Å². The molecule has 78 heavy (non-hydrogen) atoms. The molecular formula is C59H115N2O16P. The van der Waals surface area contributed by atoms with E-state index in [0.29, 0.717) is 17.4 Å². The lowest BCUT2D eigenvalue weighted by Crippen LogP contribution is -2.62. The number of ether oxygens (including phenoxy) is 4. The maximum Gasteiger partial charge on any atom is 0.268 e. The second kappa shape index (κ2) is 43.5. The molecule has 0 radical (unpaired) electrons. The summed E-state index contributed by atoms with van der Waals surface area (Å²) in [7, 11) is 0.683. The first kappa shape index (κ1) is 72.9. The Balaban J connectivity index is 1.89. The van der Waals surface area contributed by atoms with Gasteiger partial charge >= 0.3 is 0 Å². The van der Waals surface area contributed by atoms with E-state index in [-0.39, 0.29) is 25.5 Å². The summed E-state index contributed by atoms with van der Waals surface area (Å²) in [6.45, 7) is 5.24. The second-order valence-electron chi connectivity index (χ2n) is 24.0. The van der Waals surface area contributed by atoms with E-state index in [0.717, 1.165) is 50.9 Å². The number of likely N-dealkylation sites (N-methyl/N-ethyl adjacent to an activating group) is 1. The van der Waals surface area contributed by atoms with Crippen molar-refractivity contribution in [2.24, 2.45) is 5.92 Å². The Morgan fingerprint density at radius 1 is 0.590 bits per heavy atom. The fraction of sp³-hybridized carbons (Fsp3) is 0.949. The third kappa shape index (κ3) is 34.4. The fourth-order valence-corrected chi connectivity index (χ4v) is 10.6. The quantitative estimate of drug-likeness (QED) is 0.0123. The molecule has 2 aliphatic heterocycles. The third-order valence-electron chi connectivity index (χ3n) is 15.1. The first-order chi connectivity index (χ1) is 37.3. The summed E-state index contributed by atoms with van der Waals surface area (Å²) in [6.07, 6.45) is 23.7. The molecule has 13 atom stereocenters. The standard InChI is InChI=1S/C59H115N2O16P/c1-7-8-9-10-11-12-13-14-15-16-17-18-19-20-21-25-28-31-34-37-40-51(63)60-47(48(62)39-36-33-30-27-24-22-23-26-29-32-35-38-46(2)3)43-72-58-56(68)54(66)52(64)49(76-58)44-73-59-57(69)55(67)53(65)50(77-59)45-75-78(70,71)74-42-41-61(4,5)6/h36,39,46-50,52-59,62,64-69H,7-35,37-38,40-45H2,1-6H3,(H-,60,63,70,71)/b39-36+/t47-,48+,49+,50+,52-,53-,54-,55-,56+,57+,58+,59+/m0/s1. The summed E-state index contributed by atoms with van der Waals surface area (Å²) in [4.78, 5) is 25.7. The molecule has 1 unspecified atom stereocenters. The second-order valence-corrected chi connectivity index (χ2v) is 25.4. The monoisotopic (exact) mass is 1140 g/mol. The van der Waals surface area contributed by atoms with Crippen molar-refractivity contribution < 1.29 is 82.5 Å². The van der Waals surface area contributed by atoms with Crippen LogP contribution in [0.2, 0.25) is 0 Å². The highest BCUT2D eigenvalue weighted by Gasteiger charge is 2.48. The highest BCUT2D eigenvalue weighted by atomic mass is 31.2. The van der Waals surface area contributed by atoms with Crippen molar-refractivity contribution in [3.63, 3.8) is 0 Å². The van der Waals surface area contributed by atoms with Crippen LogP contribution in [0.15, 0.2) is 12.2 Å². The molecule has 2 saturated heterocycles. The van der Waals surface area contributed by atoms with Gasteiger partial charge in [0.25, 0.3) is 7.82 Å². The smallest absolute Gasteiger partial charge is 0.268 e. The van der Waals surface area contributed by atoms with Gasteiger partial charge in [0, 0.05) is 6.42 Å². The minimum atomic E-state index is -4.86. The van der Waals surface area contributed by atoms with Crippen LogP contribution in [0.25, 0.3) is 0 Å². The van der Waals surface area contributed by atoms with Crippen LogP contribution in [0.5, 0.6) is 0 Å². The number of phosphoric ester groups is 1. The lowest BCUT2D eigenvalue weighted by atomic mass is 9.98. The van der Waals surface area contributed by atoms with Gasteiger partial charge in [-0.1, -0.05) is 213 Å². The van der Waals surface area contributed by atoms with Gasteiger partial charge in [-0.3, -0.25) is 9.36 Å². The first-order valence-electron chi connectivity index (χ1n) is 30.9. The van der Waals surface area contributed by atoms with E-state index in [2.05, 4.69) is 26.1 Å². The van der Waals surface area contributed by atoms with Gasteiger partial charge in [-0.15, -0.1) is 0 Å². The molecule has 0 aliphatic carbocycles. The molecular weight excluding hydrogens is 1020 g/mol. The van der Waals surface area contributed by atoms with Gasteiger partial charge in [-0.2, -0.15) is 0 Å². The van der Waals surface area contributed by atoms with Crippen LogP contribution in [0.4, 0.5) is 0 Å². The van der Waals surface area contributed by atoms with Crippen molar-refractivity contribution in [2.75, 3.05) is 54.1 Å². The van der Waals surface area contributed by atoms with Crippen LogP contribution >= 0.6 is 7.82 Å². The van der Waals surface area contributed by atoms with Gasteiger partial charge < -0.3 is 78.4 Å². The number of amides is 1. The summed E-state index contributed by atoms with van der Waals surface area (Å²) in [5, 5.41) is 78.8. The van der Waals surface area contributed by atoms with Gasteiger partial charge in [0.2, 0.25) is 5.91 Å². The van der Waals surface area contributed by atoms with E-state index in [1.165, 1.54) is 148 Å². The lowest BCUT2D eigenvalue weighted by molar-refractivity contribution is -0.870. The topological polar surface area (TPSA) is 266 Å². The molecule has 2 heterocycles.